The van der Waals surface area contributed by atoms with E-state index in [2.05, 4.69) is 65.9 Å². The van der Waals surface area contributed by atoms with Crippen molar-refractivity contribution in [3.63, 3.8) is 0 Å². The van der Waals surface area contributed by atoms with Crippen LogP contribution in [0.4, 0.5) is 0 Å². The van der Waals surface area contributed by atoms with Gasteiger partial charge in [0.05, 0.1) is 18.2 Å². The lowest BCUT2D eigenvalue weighted by molar-refractivity contribution is -0.0149. The smallest absolute Gasteiger partial charge is 0.0668 e. The number of benzene rings is 1. The van der Waals surface area contributed by atoms with Gasteiger partial charge in [0.15, 0.2) is 0 Å². The molecule has 2 nitrogen and oxygen atoms in total. The molecule has 0 radical (unpaired) electrons. The Hall–Kier alpha value is -0.860. The Morgan fingerprint density at radius 3 is 2.10 bits per heavy atom. The van der Waals surface area contributed by atoms with Gasteiger partial charge in [-0.2, -0.15) is 0 Å². The van der Waals surface area contributed by atoms with E-state index in [4.69, 9.17) is 4.74 Å². The van der Waals surface area contributed by atoms with Crippen LogP contribution in [-0.2, 0) is 4.74 Å². The fraction of sp³-hybridized carbons (Fsp3) is 0.667. The molecule has 0 fully saturated rings. The van der Waals surface area contributed by atoms with Crippen LogP contribution < -0.4 is 5.32 Å². The van der Waals surface area contributed by atoms with Crippen LogP contribution in [0.1, 0.15) is 62.4 Å². The quantitative estimate of drug-likeness (QED) is 0.828. The van der Waals surface area contributed by atoms with Gasteiger partial charge in [0.25, 0.3) is 0 Å². The van der Waals surface area contributed by atoms with Crippen LogP contribution in [0.5, 0.6) is 0 Å². The molecule has 1 aromatic rings. The molecule has 20 heavy (non-hydrogen) atoms. The summed E-state index contributed by atoms with van der Waals surface area (Å²) >= 11 is 0. The minimum absolute atomic E-state index is 0.0986. The van der Waals surface area contributed by atoms with Gasteiger partial charge in [-0.15, -0.1) is 0 Å². The molecular formula is C18H31NO. The molecule has 0 aliphatic carbocycles. The van der Waals surface area contributed by atoms with E-state index >= 15 is 0 Å². The fourth-order valence-corrected chi connectivity index (χ4v) is 2.64. The van der Waals surface area contributed by atoms with E-state index in [1.54, 1.807) is 0 Å². The third-order valence-corrected chi connectivity index (χ3v) is 3.41. The predicted molar refractivity (Wildman–Crippen MR) is 87.4 cm³/mol. The summed E-state index contributed by atoms with van der Waals surface area (Å²) in [5.41, 5.74) is 5.34. The second-order valence-corrected chi connectivity index (χ2v) is 6.74. The standard InChI is InChI=1S/C18H31NO/c1-8-9-19-16(12-20-18(5,6)7)17-14(3)10-13(2)11-15(17)4/h10-11,16,19H,8-9,12H2,1-7H3. The first-order valence-electron chi connectivity index (χ1n) is 7.69. The summed E-state index contributed by atoms with van der Waals surface area (Å²) in [7, 11) is 0. The Morgan fingerprint density at radius 2 is 1.65 bits per heavy atom. The molecule has 0 aliphatic heterocycles. The molecule has 0 saturated carbocycles. The summed E-state index contributed by atoms with van der Waals surface area (Å²) in [6.45, 7) is 16.8. The van der Waals surface area contributed by atoms with Crippen LogP contribution in [0.15, 0.2) is 12.1 Å². The first-order chi connectivity index (χ1) is 9.24. The zero-order valence-electron chi connectivity index (χ0n) is 14.3. The van der Waals surface area contributed by atoms with Crippen LogP contribution in [0.25, 0.3) is 0 Å². The molecule has 1 unspecified atom stereocenters. The zero-order valence-corrected chi connectivity index (χ0v) is 14.3. The molecule has 1 atom stereocenters. The van der Waals surface area contributed by atoms with Gasteiger partial charge in [-0.1, -0.05) is 24.6 Å². The van der Waals surface area contributed by atoms with E-state index in [-0.39, 0.29) is 11.6 Å². The van der Waals surface area contributed by atoms with Crippen molar-refractivity contribution in [2.75, 3.05) is 13.2 Å². The molecule has 0 aromatic heterocycles. The summed E-state index contributed by atoms with van der Waals surface area (Å²) in [6, 6.07) is 4.80. The summed E-state index contributed by atoms with van der Waals surface area (Å²) in [5.74, 6) is 0. The number of aryl methyl sites for hydroxylation is 3. The molecule has 0 bridgehead atoms. The normalized spacial score (nSPS) is 13.6. The Kier molecular flexibility index (Phi) is 6.22. The third-order valence-electron chi connectivity index (χ3n) is 3.41. The lowest BCUT2D eigenvalue weighted by Crippen LogP contribution is -2.31. The van der Waals surface area contributed by atoms with Crippen molar-refractivity contribution in [2.45, 2.75) is 66.5 Å². The molecule has 0 aliphatic rings. The number of nitrogens with one attached hydrogen (secondary N) is 1. The lowest BCUT2D eigenvalue weighted by Gasteiger charge is -2.28. The van der Waals surface area contributed by atoms with Gasteiger partial charge in [-0.3, -0.25) is 0 Å². The maximum Gasteiger partial charge on any atom is 0.0668 e. The van der Waals surface area contributed by atoms with Gasteiger partial charge in [0, 0.05) is 0 Å². The van der Waals surface area contributed by atoms with Gasteiger partial charge in [0.2, 0.25) is 0 Å². The van der Waals surface area contributed by atoms with Crippen molar-refractivity contribution in [3.05, 3.63) is 34.4 Å². The van der Waals surface area contributed by atoms with Crippen molar-refractivity contribution in [1.82, 2.24) is 5.32 Å². The van der Waals surface area contributed by atoms with Gasteiger partial charge in [0.1, 0.15) is 0 Å². The monoisotopic (exact) mass is 277 g/mol. The zero-order chi connectivity index (χ0) is 15.3. The summed E-state index contributed by atoms with van der Waals surface area (Å²) < 4.78 is 6.02. The lowest BCUT2D eigenvalue weighted by atomic mass is 9.94. The van der Waals surface area contributed by atoms with Gasteiger partial charge in [-0.25, -0.2) is 0 Å². The van der Waals surface area contributed by atoms with Crippen LogP contribution in [0, 0.1) is 20.8 Å². The SMILES string of the molecule is CCCNC(COC(C)(C)C)c1c(C)cc(C)cc1C. The average molecular weight is 277 g/mol. The predicted octanol–water partition coefficient (Wildman–Crippen LogP) is 4.47. The van der Waals surface area contributed by atoms with Crippen molar-refractivity contribution in [2.24, 2.45) is 0 Å². The molecule has 1 rings (SSSR count). The molecule has 0 spiro atoms. The average Bonchev–Trinajstić information content (AvgIpc) is 2.29. The minimum atomic E-state index is -0.0986. The van der Waals surface area contributed by atoms with Gasteiger partial charge in [-0.05, 0) is 71.2 Å². The van der Waals surface area contributed by atoms with Crippen molar-refractivity contribution in [3.8, 4) is 0 Å². The Morgan fingerprint density at radius 1 is 1.10 bits per heavy atom. The minimum Gasteiger partial charge on any atom is -0.374 e. The number of hydrogen-bond donors (Lipinski definition) is 1. The molecule has 0 heterocycles. The Balaban J connectivity index is 2.98. The van der Waals surface area contributed by atoms with Crippen LogP contribution in [-0.4, -0.2) is 18.8 Å². The van der Waals surface area contributed by atoms with Gasteiger partial charge >= 0.3 is 0 Å². The fourth-order valence-electron chi connectivity index (χ4n) is 2.64. The summed E-state index contributed by atoms with van der Waals surface area (Å²) in [5, 5.41) is 3.63. The molecule has 0 amide bonds. The van der Waals surface area contributed by atoms with E-state index in [9.17, 15) is 0 Å². The summed E-state index contributed by atoms with van der Waals surface area (Å²) in [4.78, 5) is 0. The van der Waals surface area contributed by atoms with Gasteiger partial charge < -0.3 is 10.1 Å². The molecule has 0 saturated heterocycles. The molecule has 1 aromatic carbocycles. The Bertz CT molecular complexity index is 409. The molecular weight excluding hydrogens is 246 g/mol. The molecule has 2 heteroatoms. The maximum absolute atomic E-state index is 6.02. The van der Waals surface area contributed by atoms with E-state index in [0.29, 0.717) is 6.61 Å². The van der Waals surface area contributed by atoms with Crippen LogP contribution in [0.3, 0.4) is 0 Å². The molecule has 1 N–H and O–H groups in total. The number of ether oxygens (including phenoxy) is 1. The Labute approximate surface area is 124 Å². The first kappa shape index (κ1) is 17.2. The van der Waals surface area contributed by atoms with Crippen molar-refractivity contribution < 1.29 is 4.74 Å². The highest BCUT2D eigenvalue weighted by atomic mass is 16.5. The highest BCUT2D eigenvalue weighted by molar-refractivity contribution is 5.39. The number of rotatable bonds is 6. The van der Waals surface area contributed by atoms with Crippen molar-refractivity contribution in [1.29, 1.82) is 0 Å². The highest BCUT2D eigenvalue weighted by Crippen LogP contribution is 2.25. The summed E-state index contributed by atoms with van der Waals surface area (Å²) in [6.07, 6.45) is 1.13. The van der Waals surface area contributed by atoms with Crippen molar-refractivity contribution >= 4 is 0 Å². The largest absolute Gasteiger partial charge is 0.374 e. The van der Waals surface area contributed by atoms with E-state index < -0.39 is 0 Å². The third kappa shape index (κ3) is 5.26. The maximum atomic E-state index is 6.02. The second kappa shape index (κ2) is 7.24. The second-order valence-electron chi connectivity index (χ2n) is 6.74. The van der Waals surface area contributed by atoms with Crippen LogP contribution in [0.2, 0.25) is 0 Å². The van der Waals surface area contributed by atoms with Crippen LogP contribution >= 0.6 is 0 Å². The number of hydrogen-bond acceptors (Lipinski definition) is 2. The topological polar surface area (TPSA) is 21.3 Å². The van der Waals surface area contributed by atoms with E-state index in [1.165, 1.54) is 22.3 Å². The first-order valence-corrected chi connectivity index (χ1v) is 7.69. The molecule has 114 valence electrons. The van der Waals surface area contributed by atoms with E-state index in [0.717, 1.165) is 13.0 Å². The van der Waals surface area contributed by atoms with E-state index in [1.807, 2.05) is 0 Å². The highest BCUT2D eigenvalue weighted by Gasteiger charge is 2.19.